The second-order valence-electron chi connectivity index (χ2n) is 6.54. The molecule has 0 aromatic rings. The molecule has 1 unspecified atom stereocenters. The standard InChI is InChI=1S/C18H33O4P/c1-15(2)8-5-9-16(3)10-6-11-17(4)12-7-13-18(19)14-23(20,21)22/h8,10,12,18-19H,5-7,9,11,13-14H2,1-4H3,(H2,20,21,22)/b16-10+,17-12+. The highest BCUT2D eigenvalue weighted by molar-refractivity contribution is 7.51. The van der Waals surface area contributed by atoms with Gasteiger partial charge in [-0.3, -0.25) is 4.57 Å². The molecule has 0 aromatic carbocycles. The van der Waals surface area contributed by atoms with E-state index < -0.39 is 19.9 Å². The summed E-state index contributed by atoms with van der Waals surface area (Å²) in [6.45, 7) is 8.45. The van der Waals surface area contributed by atoms with Crippen molar-refractivity contribution < 1.29 is 19.5 Å². The quantitative estimate of drug-likeness (QED) is 0.374. The summed E-state index contributed by atoms with van der Waals surface area (Å²) in [5.74, 6) is 0. The SMILES string of the molecule is CC(C)=CCC/C(C)=C/CC/C(C)=C/CCC(O)CP(=O)(O)O. The van der Waals surface area contributed by atoms with Gasteiger partial charge in [-0.1, -0.05) is 34.9 Å². The molecule has 5 heteroatoms. The predicted molar refractivity (Wildman–Crippen MR) is 97.6 cm³/mol. The van der Waals surface area contributed by atoms with E-state index in [1.807, 2.05) is 0 Å². The number of allylic oxidation sites excluding steroid dienone is 6. The maximum Gasteiger partial charge on any atom is 0.328 e. The lowest BCUT2D eigenvalue weighted by atomic mass is 10.1. The van der Waals surface area contributed by atoms with E-state index in [4.69, 9.17) is 9.79 Å². The van der Waals surface area contributed by atoms with E-state index in [2.05, 4.69) is 45.9 Å². The number of aliphatic hydroxyl groups is 1. The van der Waals surface area contributed by atoms with Crippen LogP contribution in [-0.4, -0.2) is 27.2 Å². The molecule has 0 aliphatic rings. The highest BCUT2D eigenvalue weighted by atomic mass is 31.2. The highest BCUT2D eigenvalue weighted by Gasteiger charge is 2.18. The van der Waals surface area contributed by atoms with Crippen molar-refractivity contribution in [2.45, 2.75) is 72.3 Å². The molecule has 0 amide bonds. The predicted octanol–water partition coefficient (Wildman–Crippen LogP) is 4.72. The van der Waals surface area contributed by atoms with E-state index in [9.17, 15) is 9.67 Å². The molecule has 0 heterocycles. The first-order valence-corrected chi connectivity index (χ1v) is 10.1. The minimum absolute atomic E-state index is 0.389. The molecule has 1 atom stereocenters. The summed E-state index contributed by atoms with van der Waals surface area (Å²) in [5.41, 5.74) is 4.02. The fourth-order valence-electron chi connectivity index (χ4n) is 2.23. The largest absolute Gasteiger partial charge is 0.392 e. The van der Waals surface area contributed by atoms with Gasteiger partial charge in [0.15, 0.2) is 0 Å². The van der Waals surface area contributed by atoms with Crippen molar-refractivity contribution in [2.24, 2.45) is 0 Å². The molecule has 0 rings (SSSR count). The van der Waals surface area contributed by atoms with E-state index in [1.54, 1.807) is 0 Å². The zero-order chi connectivity index (χ0) is 17.9. The molecule has 0 saturated heterocycles. The fourth-order valence-corrected chi connectivity index (χ4v) is 2.96. The van der Waals surface area contributed by atoms with Gasteiger partial charge in [0, 0.05) is 0 Å². The zero-order valence-electron chi connectivity index (χ0n) is 15.0. The van der Waals surface area contributed by atoms with Gasteiger partial charge in [0.25, 0.3) is 0 Å². The van der Waals surface area contributed by atoms with Gasteiger partial charge in [0.1, 0.15) is 0 Å². The third kappa shape index (κ3) is 16.0. The monoisotopic (exact) mass is 344 g/mol. The Bertz CT molecular complexity index is 467. The van der Waals surface area contributed by atoms with Crippen LogP contribution < -0.4 is 0 Å². The molecule has 4 nitrogen and oxygen atoms in total. The first-order valence-electron chi connectivity index (χ1n) is 8.27. The van der Waals surface area contributed by atoms with Gasteiger partial charge in [-0.15, -0.1) is 0 Å². The van der Waals surface area contributed by atoms with Crippen molar-refractivity contribution >= 4 is 7.60 Å². The highest BCUT2D eigenvalue weighted by Crippen LogP contribution is 2.35. The Morgan fingerprint density at radius 2 is 1.39 bits per heavy atom. The van der Waals surface area contributed by atoms with Crippen LogP contribution in [-0.2, 0) is 4.57 Å². The van der Waals surface area contributed by atoms with E-state index in [0.29, 0.717) is 12.8 Å². The Morgan fingerprint density at radius 1 is 0.913 bits per heavy atom. The van der Waals surface area contributed by atoms with Crippen LogP contribution in [0.25, 0.3) is 0 Å². The third-order valence-corrected chi connectivity index (χ3v) is 4.46. The van der Waals surface area contributed by atoms with Gasteiger partial charge in [0.2, 0.25) is 0 Å². The van der Waals surface area contributed by atoms with Gasteiger partial charge in [0.05, 0.1) is 12.3 Å². The normalized spacial score (nSPS) is 14.7. The first-order chi connectivity index (χ1) is 10.6. The van der Waals surface area contributed by atoms with Crippen LogP contribution in [0, 0.1) is 0 Å². The van der Waals surface area contributed by atoms with Crippen LogP contribution >= 0.6 is 7.60 Å². The Hall–Kier alpha value is -0.670. The molecule has 0 bridgehead atoms. The van der Waals surface area contributed by atoms with Gasteiger partial charge >= 0.3 is 7.60 Å². The fraction of sp³-hybridized carbons (Fsp3) is 0.667. The Morgan fingerprint density at radius 3 is 1.87 bits per heavy atom. The lowest BCUT2D eigenvalue weighted by Gasteiger charge is -2.10. The molecule has 0 aromatic heterocycles. The molecule has 0 saturated carbocycles. The Kier molecular flexibility index (Phi) is 11.5. The molecular formula is C18H33O4P. The second-order valence-corrected chi connectivity index (χ2v) is 8.23. The average molecular weight is 344 g/mol. The number of aliphatic hydroxyl groups excluding tert-OH is 1. The third-order valence-electron chi connectivity index (χ3n) is 3.56. The smallest absolute Gasteiger partial charge is 0.328 e. The maximum absolute atomic E-state index is 10.8. The minimum atomic E-state index is -4.11. The summed E-state index contributed by atoms with van der Waals surface area (Å²) < 4.78 is 10.8. The van der Waals surface area contributed by atoms with Crippen LogP contribution in [0.4, 0.5) is 0 Å². The molecule has 23 heavy (non-hydrogen) atoms. The first kappa shape index (κ1) is 22.3. The Labute approximate surface area is 141 Å². The average Bonchev–Trinajstić information content (AvgIpc) is 2.35. The molecule has 0 aliphatic carbocycles. The van der Waals surface area contributed by atoms with Crippen molar-refractivity contribution in [1.82, 2.24) is 0 Å². The molecule has 0 aliphatic heterocycles. The second kappa shape index (κ2) is 11.8. The van der Waals surface area contributed by atoms with Crippen LogP contribution in [0.5, 0.6) is 0 Å². The summed E-state index contributed by atoms with van der Waals surface area (Å²) in [5, 5.41) is 9.53. The van der Waals surface area contributed by atoms with E-state index in [0.717, 1.165) is 25.7 Å². The van der Waals surface area contributed by atoms with Gasteiger partial charge < -0.3 is 14.9 Å². The summed E-state index contributed by atoms with van der Waals surface area (Å²) in [4.78, 5) is 17.6. The lowest BCUT2D eigenvalue weighted by molar-refractivity contribution is 0.180. The van der Waals surface area contributed by atoms with Gasteiger partial charge in [-0.05, 0) is 66.2 Å². The molecular weight excluding hydrogens is 311 g/mol. The number of rotatable bonds is 11. The summed E-state index contributed by atoms with van der Waals surface area (Å²) in [6.07, 6.45) is 10.4. The summed E-state index contributed by atoms with van der Waals surface area (Å²) >= 11 is 0. The molecule has 0 radical (unpaired) electrons. The van der Waals surface area contributed by atoms with Crippen molar-refractivity contribution in [3.05, 3.63) is 34.9 Å². The van der Waals surface area contributed by atoms with Crippen molar-refractivity contribution in [1.29, 1.82) is 0 Å². The molecule has 3 N–H and O–H groups in total. The van der Waals surface area contributed by atoms with E-state index in [1.165, 1.54) is 16.7 Å². The summed E-state index contributed by atoms with van der Waals surface area (Å²) in [6, 6.07) is 0. The van der Waals surface area contributed by atoms with E-state index >= 15 is 0 Å². The van der Waals surface area contributed by atoms with Crippen LogP contribution in [0.15, 0.2) is 34.9 Å². The van der Waals surface area contributed by atoms with Crippen molar-refractivity contribution in [2.75, 3.05) is 6.16 Å². The number of hydrogen-bond donors (Lipinski definition) is 3. The lowest BCUT2D eigenvalue weighted by Crippen LogP contribution is -2.12. The van der Waals surface area contributed by atoms with Crippen LogP contribution in [0.1, 0.15) is 66.2 Å². The number of hydrogen-bond acceptors (Lipinski definition) is 2. The topological polar surface area (TPSA) is 77.8 Å². The van der Waals surface area contributed by atoms with Crippen molar-refractivity contribution in [3.8, 4) is 0 Å². The van der Waals surface area contributed by atoms with Crippen LogP contribution in [0.3, 0.4) is 0 Å². The molecule has 0 spiro atoms. The summed E-state index contributed by atoms with van der Waals surface area (Å²) in [7, 11) is -4.11. The molecule has 134 valence electrons. The van der Waals surface area contributed by atoms with Crippen molar-refractivity contribution in [3.63, 3.8) is 0 Å². The maximum atomic E-state index is 10.8. The van der Waals surface area contributed by atoms with E-state index in [-0.39, 0.29) is 0 Å². The van der Waals surface area contributed by atoms with Crippen LogP contribution in [0.2, 0.25) is 0 Å². The molecule has 0 fully saturated rings. The Balaban J connectivity index is 3.98. The minimum Gasteiger partial charge on any atom is -0.392 e. The van der Waals surface area contributed by atoms with Gasteiger partial charge in [-0.25, -0.2) is 0 Å². The zero-order valence-corrected chi connectivity index (χ0v) is 15.9. The van der Waals surface area contributed by atoms with Gasteiger partial charge in [-0.2, -0.15) is 0 Å².